The molecular formula is C23H20N4O3S. The SMILES string of the molecule is Cc1ccccc1OCc1nnc(SCc2cccc([N+](=O)[O-])c2)n1-c1ccccc1. The van der Waals surface area contributed by atoms with Gasteiger partial charge in [0, 0.05) is 23.6 Å². The number of ether oxygens (including phenoxy) is 1. The van der Waals surface area contributed by atoms with Crippen molar-refractivity contribution < 1.29 is 9.66 Å². The zero-order valence-electron chi connectivity index (χ0n) is 16.8. The summed E-state index contributed by atoms with van der Waals surface area (Å²) in [6.07, 6.45) is 0. The van der Waals surface area contributed by atoms with Crippen molar-refractivity contribution in [2.75, 3.05) is 0 Å². The lowest BCUT2D eigenvalue weighted by atomic mass is 10.2. The number of non-ortho nitro benzene ring substituents is 1. The van der Waals surface area contributed by atoms with Crippen LogP contribution in [0.15, 0.2) is 84.0 Å². The fourth-order valence-corrected chi connectivity index (χ4v) is 4.01. The molecular weight excluding hydrogens is 412 g/mol. The normalized spacial score (nSPS) is 10.7. The van der Waals surface area contributed by atoms with Crippen LogP contribution >= 0.6 is 11.8 Å². The molecule has 0 radical (unpaired) electrons. The standard InChI is InChI=1S/C23H20N4O3S/c1-17-8-5-6-13-21(17)30-15-22-24-25-23(26(22)19-10-3-2-4-11-19)31-16-18-9-7-12-20(14-18)27(28)29/h2-14H,15-16H2,1H3. The molecule has 0 bridgehead atoms. The van der Waals surface area contributed by atoms with Gasteiger partial charge in [-0.05, 0) is 36.2 Å². The lowest BCUT2D eigenvalue weighted by Gasteiger charge is -2.12. The number of para-hydroxylation sites is 2. The van der Waals surface area contributed by atoms with E-state index in [0.717, 1.165) is 22.6 Å². The molecule has 8 heteroatoms. The average molecular weight is 433 g/mol. The second-order valence-electron chi connectivity index (χ2n) is 6.84. The monoisotopic (exact) mass is 432 g/mol. The number of nitro benzene ring substituents is 1. The van der Waals surface area contributed by atoms with Crippen LogP contribution in [0.3, 0.4) is 0 Å². The van der Waals surface area contributed by atoms with Crippen LogP contribution in [0.2, 0.25) is 0 Å². The van der Waals surface area contributed by atoms with Crippen LogP contribution in [0.4, 0.5) is 5.69 Å². The molecule has 156 valence electrons. The Bertz CT molecular complexity index is 1190. The van der Waals surface area contributed by atoms with Crippen LogP contribution in [0.1, 0.15) is 17.0 Å². The van der Waals surface area contributed by atoms with Gasteiger partial charge in [0.1, 0.15) is 12.4 Å². The van der Waals surface area contributed by atoms with Crippen LogP contribution in [-0.4, -0.2) is 19.7 Å². The molecule has 4 aromatic rings. The number of nitro groups is 1. The third-order valence-electron chi connectivity index (χ3n) is 4.65. The Balaban J connectivity index is 1.58. The maximum Gasteiger partial charge on any atom is 0.269 e. The molecule has 0 aliphatic carbocycles. The Kier molecular flexibility index (Phi) is 6.28. The van der Waals surface area contributed by atoms with Crippen LogP contribution in [-0.2, 0) is 12.4 Å². The smallest absolute Gasteiger partial charge is 0.269 e. The van der Waals surface area contributed by atoms with E-state index in [4.69, 9.17) is 4.74 Å². The fraction of sp³-hybridized carbons (Fsp3) is 0.130. The molecule has 0 N–H and O–H groups in total. The number of hydrogen-bond donors (Lipinski definition) is 0. The van der Waals surface area contributed by atoms with Crippen LogP contribution < -0.4 is 4.74 Å². The summed E-state index contributed by atoms with van der Waals surface area (Å²) < 4.78 is 7.95. The molecule has 0 amide bonds. The first-order valence-corrected chi connectivity index (χ1v) is 10.6. The largest absolute Gasteiger partial charge is 0.485 e. The molecule has 7 nitrogen and oxygen atoms in total. The highest BCUT2D eigenvalue weighted by Gasteiger charge is 2.16. The van der Waals surface area contributed by atoms with Gasteiger partial charge < -0.3 is 4.74 Å². The minimum absolute atomic E-state index is 0.0787. The summed E-state index contributed by atoms with van der Waals surface area (Å²) in [5.41, 5.74) is 2.90. The van der Waals surface area contributed by atoms with Gasteiger partial charge in [-0.3, -0.25) is 14.7 Å². The molecule has 0 unspecified atom stereocenters. The summed E-state index contributed by atoms with van der Waals surface area (Å²) in [6.45, 7) is 2.27. The van der Waals surface area contributed by atoms with E-state index in [0.29, 0.717) is 16.7 Å². The summed E-state index contributed by atoms with van der Waals surface area (Å²) in [6, 6.07) is 24.3. The average Bonchev–Trinajstić information content (AvgIpc) is 3.20. The van der Waals surface area contributed by atoms with Gasteiger partial charge in [0.25, 0.3) is 5.69 Å². The predicted octanol–water partition coefficient (Wildman–Crippen LogP) is 5.36. The Labute approximate surface area is 183 Å². The molecule has 0 saturated heterocycles. The second-order valence-corrected chi connectivity index (χ2v) is 7.78. The number of aromatic nitrogens is 3. The molecule has 1 aromatic heterocycles. The van der Waals surface area contributed by atoms with Crippen LogP contribution in [0.25, 0.3) is 5.69 Å². The number of hydrogen-bond acceptors (Lipinski definition) is 6. The highest BCUT2D eigenvalue weighted by atomic mass is 32.2. The zero-order valence-corrected chi connectivity index (χ0v) is 17.7. The lowest BCUT2D eigenvalue weighted by molar-refractivity contribution is -0.384. The fourth-order valence-electron chi connectivity index (χ4n) is 3.09. The predicted molar refractivity (Wildman–Crippen MR) is 120 cm³/mol. The van der Waals surface area contributed by atoms with E-state index >= 15 is 0 Å². The first-order valence-electron chi connectivity index (χ1n) is 9.66. The molecule has 0 atom stereocenters. The third-order valence-corrected chi connectivity index (χ3v) is 5.65. The topological polar surface area (TPSA) is 83.1 Å². The van der Waals surface area contributed by atoms with E-state index in [1.807, 2.05) is 72.2 Å². The minimum atomic E-state index is -0.387. The van der Waals surface area contributed by atoms with Crippen molar-refractivity contribution >= 4 is 17.4 Å². The van der Waals surface area contributed by atoms with Crippen molar-refractivity contribution in [3.05, 3.63) is 106 Å². The summed E-state index contributed by atoms with van der Waals surface area (Å²) in [5, 5.41) is 20.5. The molecule has 1 heterocycles. The first kappa shape index (κ1) is 20.6. The molecule has 4 rings (SSSR count). The number of thioether (sulfide) groups is 1. The first-order chi connectivity index (χ1) is 15.1. The summed E-state index contributed by atoms with van der Waals surface area (Å²) in [5.74, 6) is 2.01. The minimum Gasteiger partial charge on any atom is -0.485 e. The summed E-state index contributed by atoms with van der Waals surface area (Å²) in [4.78, 5) is 10.7. The maximum atomic E-state index is 11.0. The molecule has 31 heavy (non-hydrogen) atoms. The molecule has 0 spiro atoms. The van der Waals surface area contributed by atoms with Gasteiger partial charge >= 0.3 is 0 Å². The van der Waals surface area contributed by atoms with E-state index < -0.39 is 0 Å². The second kappa shape index (κ2) is 9.44. The van der Waals surface area contributed by atoms with Crippen molar-refractivity contribution in [3.63, 3.8) is 0 Å². The Hall–Kier alpha value is -3.65. The van der Waals surface area contributed by atoms with Crippen molar-refractivity contribution in [1.82, 2.24) is 14.8 Å². The van der Waals surface area contributed by atoms with E-state index in [2.05, 4.69) is 10.2 Å². The van der Waals surface area contributed by atoms with Gasteiger partial charge in [-0.1, -0.05) is 60.3 Å². The highest BCUT2D eigenvalue weighted by molar-refractivity contribution is 7.98. The quantitative estimate of drug-likeness (QED) is 0.212. The summed E-state index contributed by atoms with van der Waals surface area (Å²) in [7, 11) is 0. The molecule has 0 fully saturated rings. The van der Waals surface area contributed by atoms with Gasteiger partial charge in [0.2, 0.25) is 0 Å². The Morgan fingerprint density at radius 1 is 1.00 bits per heavy atom. The molecule has 0 saturated carbocycles. The van der Waals surface area contributed by atoms with E-state index in [1.165, 1.54) is 17.8 Å². The number of nitrogens with zero attached hydrogens (tertiary/aromatic N) is 4. The van der Waals surface area contributed by atoms with Crippen molar-refractivity contribution in [2.45, 2.75) is 24.4 Å². The maximum absolute atomic E-state index is 11.0. The van der Waals surface area contributed by atoms with Crippen molar-refractivity contribution in [2.24, 2.45) is 0 Å². The van der Waals surface area contributed by atoms with Crippen molar-refractivity contribution in [1.29, 1.82) is 0 Å². The molecule has 0 aliphatic heterocycles. The van der Waals surface area contributed by atoms with Crippen LogP contribution in [0, 0.1) is 17.0 Å². The van der Waals surface area contributed by atoms with Gasteiger partial charge in [-0.2, -0.15) is 0 Å². The van der Waals surface area contributed by atoms with E-state index in [9.17, 15) is 10.1 Å². The third kappa shape index (κ3) is 4.92. The molecule has 0 aliphatic rings. The van der Waals surface area contributed by atoms with Gasteiger partial charge in [0.05, 0.1) is 4.92 Å². The summed E-state index contributed by atoms with van der Waals surface area (Å²) >= 11 is 1.47. The number of benzene rings is 3. The van der Waals surface area contributed by atoms with Gasteiger partial charge in [-0.25, -0.2) is 0 Å². The zero-order chi connectivity index (χ0) is 21.6. The number of aryl methyl sites for hydroxylation is 1. The lowest BCUT2D eigenvalue weighted by Crippen LogP contribution is -2.07. The van der Waals surface area contributed by atoms with Gasteiger partial charge in [-0.15, -0.1) is 10.2 Å². The number of rotatable bonds is 8. The Morgan fingerprint density at radius 3 is 2.55 bits per heavy atom. The van der Waals surface area contributed by atoms with E-state index in [-0.39, 0.29) is 17.2 Å². The van der Waals surface area contributed by atoms with Crippen LogP contribution in [0.5, 0.6) is 5.75 Å². The highest BCUT2D eigenvalue weighted by Crippen LogP contribution is 2.27. The van der Waals surface area contributed by atoms with Gasteiger partial charge in [0.15, 0.2) is 11.0 Å². The molecule has 3 aromatic carbocycles. The van der Waals surface area contributed by atoms with Crippen molar-refractivity contribution in [3.8, 4) is 11.4 Å². The Morgan fingerprint density at radius 2 is 1.77 bits per heavy atom. The van der Waals surface area contributed by atoms with E-state index in [1.54, 1.807) is 12.1 Å².